The number of ether oxygens (including phenoxy) is 1. The van der Waals surface area contributed by atoms with Gasteiger partial charge < -0.3 is 4.74 Å². The first-order valence-corrected chi connectivity index (χ1v) is 8.65. The van der Waals surface area contributed by atoms with Gasteiger partial charge in [0.05, 0.1) is 22.7 Å². The number of methoxy groups -OCH3 is 1. The van der Waals surface area contributed by atoms with Crippen LogP contribution < -0.4 is 4.31 Å². The Hall–Kier alpha value is -1.76. The Bertz CT molecular complexity index is 809. The highest BCUT2D eigenvalue weighted by molar-refractivity contribution is 7.92. The second-order valence-electron chi connectivity index (χ2n) is 4.50. The first kappa shape index (κ1) is 17.6. The SMILES string of the molecule is COC(=O)CN(c1ccc(Cl)cc1Cl)S(=O)(=O)c1ccccc1. The number of carbonyl (C=O) groups excluding carboxylic acids is 1. The molecule has 0 unspecified atom stereocenters. The molecule has 8 heteroatoms. The van der Waals surface area contributed by atoms with Gasteiger partial charge in [0.2, 0.25) is 0 Å². The van der Waals surface area contributed by atoms with Crippen molar-refractivity contribution in [3.63, 3.8) is 0 Å². The molecule has 2 rings (SSSR count). The van der Waals surface area contributed by atoms with Gasteiger partial charge in [0.25, 0.3) is 10.0 Å². The van der Waals surface area contributed by atoms with Crippen LogP contribution in [-0.2, 0) is 19.6 Å². The Labute approximate surface area is 144 Å². The minimum atomic E-state index is -3.99. The molecule has 0 radical (unpaired) electrons. The molecular weight excluding hydrogens is 361 g/mol. The normalized spacial score (nSPS) is 11.1. The molecule has 0 N–H and O–H groups in total. The summed E-state index contributed by atoms with van der Waals surface area (Å²) in [5.41, 5.74) is 0.144. The molecule has 0 aliphatic heterocycles. The number of esters is 1. The molecule has 0 spiro atoms. The molecule has 0 amide bonds. The van der Waals surface area contributed by atoms with Gasteiger partial charge in [-0.3, -0.25) is 9.10 Å². The molecule has 0 aliphatic rings. The molecule has 0 heterocycles. The van der Waals surface area contributed by atoms with E-state index in [0.29, 0.717) is 5.02 Å². The number of halogens is 2. The molecule has 2 aromatic carbocycles. The van der Waals surface area contributed by atoms with Crippen molar-refractivity contribution in [2.75, 3.05) is 18.0 Å². The van der Waals surface area contributed by atoms with Crippen molar-refractivity contribution >= 4 is 44.9 Å². The summed E-state index contributed by atoms with van der Waals surface area (Å²) >= 11 is 11.9. The minimum absolute atomic E-state index is 0.0370. The van der Waals surface area contributed by atoms with E-state index in [1.165, 1.54) is 37.4 Å². The average molecular weight is 374 g/mol. The van der Waals surface area contributed by atoms with Crippen molar-refractivity contribution in [1.29, 1.82) is 0 Å². The van der Waals surface area contributed by atoms with Crippen LogP contribution in [0.1, 0.15) is 0 Å². The number of rotatable bonds is 5. The summed E-state index contributed by atoms with van der Waals surface area (Å²) in [6, 6.07) is 12.1. The third kappa shape index (κ3) is 3.96. The summed E-state index contributed by atoms with van der Waals surface area (Å²) < 4.78 is 31.2. The zero-order valence-corrected chi connectivity index (χ0v) is 14.4. The Morgan fingerprint density at radius 2 is 1.78 bits per heavy atom. The van der Waals surface area contributed by atoms with Gasteiger partial charge in [0.15, 0.2) is 0 Å². The number of hydrogen-bond donors (Lipinski definition) is 0. The Morgan fingerprint density at radius 3 is 2.35 bits per heavy atom. The van der Waals surface area contributed by atoms with E-state index < -0.39 is 22.5 Å². The van der Waals surface area contributed by atoms with Gasteiger partial charge in [-0.2, -0.15) is 0 Å². The van der Waals surface area contributed by atoms with E-state index in [2.05, 4.69) is 4.74 Å². The Kier molecular flexibility index (Phi) is 5.51. The lowest BCUT2D eigenvalue weighted by Gasteiger charge is -2.24. The number of anilines is 1. The van der Waals surface area contributed by atoms with E-state index in [9.17, 15) is 13.2 Å². The number of carbonyl (C=O) groups is 1. The Balaban J connectivity index is 2.56. The molecule has 0 aliphatic carbocycles. The van der Waals surface area contributed by atoms with Crippen LogP contribution in [0.3, 0.4) is 0 Å². The molecule has 0 bridgehead atoms. The first-order chi connectivity index (χ1) is 10.9. The van der Waals surface area contributed by atoms with E-state index in [1.54, 1.807) is 18.2 Å². The molecule has 23 heavy (non-hydrogen) atoms. The quantitative estimate of drug-likeness (QED) is 0.753. The zero-order chi connectivity index (χ0) is 17.0. The number of nitrogens with zero attached hydrogens (tertiary/aromatic N) is 1. The predicted octanol–water partition coefficient (Wildman–Crippen LogP) is 3.36. The average Bonchev–Trinajstić information content (AvgIpc) is 2.53. The van der Waals surface area contributed by atoms with E-state index >= 15 is 0 Å². The van der Waals surface area contributed by atoms with Crippen molar-refractivity contribution in [3.8, 4) is 0 Å². The molecule has 0 saturated carbocycles. The second kappa shape index (κ2) is 7.21. The largest absolute Gasteiger partial charge is 0.468 e. The van der Waals surface area contributed by atoms with Crippen molar-refractivity contribution in [2.24, 2.45) is 0 Å². The van der Waals surface area contributed by atoms with Gasteiger partial charge in [-0.25, -0.2) is 8.42 Å². The molecule has 0 aromatic heterocycles. The van der Waals surface area contributed by atoms with Crippen molar-refractivity contribution in [2.45, 2.75) is 4.90 Å². The summed E-state index contributed by atoms with van der Waals surface area (Å²) in [4.78, 5) is 11.7. The van der Waals surface area contributed by atoms with Crippen LogP contribution in [-0.4, -0.2) is 28.0 Å². The van der Waals surface area contributed by atoms with Crippen LogP contribution in [0.25, 0.3) is 0 Å². The number of sulfonamides is 1. The van der Waals surface area contributed by atoms with Gasteiger partial charge in [0, 0.05) is 5.02 Å². The van der Waals surface area contributed by atoms with Gasteiger partial charge in [-0.05, 0) is 30.3 Å². The van der Waals surface area contributed by atoms with Crippen LogP contribution in [0.2, 0.25) is 10.0 Å². The molecule has 0 atom stereocenters. The van der Waals surface area contributed by atoms with Gasteiger partial charge in [0.1, 0.15) is 6.54 Å². The standard InChI is InChI=1S/C15H13Cl2NO4S/c1-22-15(19)10-18(14-8-7-11(16)9-13(14)17)23(20,21)12-5-3-2-4-6-12/h2-9H,10H2,1H3. The monoisotopic (exact) mass is 373 g/mol. The topological polar surface area (TPSA) is 63.7 Å². The first-order valence-electron chi connectivity index (χ1n) is 6.46. The maximum Gasteiger partial charge on any atom is 0.326 e. The third-order valence-electron chi connectivity index (χ3n) is 3.01. The lowest BCUT2D eigenvalue weighted by Crippen LogP contribution is -2.36. The van der Waals surface area contributed by atoms with Crippen LogP contribution in [0, 0.1) is 0 Å². The fourth-order valence-electron chi connectivity index (χ4n) is 1.88. The fraction of sp³-hybridized carbons (Fsp3) is 0.133. The van der Waals surface area contributed by atoms with Crippen LogP contribution in [0.4, 0.5) is 5.69 Å². The number of hydrogen-bond acceptors (Lipinski definition) is 4. The third-order valence-corrected chi connectivity index (χ3v) is 5.32. The highest BCUT2D eigenvalue weighted by atomic mass is 35.5. The highest BCUT2D eigenvalue weighted by Gasteiger charge is 2.28. The van der Waals surface area contributed by atoms with Gasteiger partial charge in [-0.15, -0.1) is 0 Å². The summed E-state index contributed by atoms with van der Waals surface area (Å²) in [5, 5.41) is 0.467. The van der Waals surface area contributed by atoms with Crippen molar-refractivity contribution < 1.29 is 17.9 Å². The minimum Gasteiger partial charge on any atom is -0.468 e. The number of benzene rings is 2. The summed E-state index contributed by atoms with van der Waals surface area (Å²) in [7, 11) is -2.81. The van der Waals surface area contributed by atoms with E-state index in [-0.39, 0.29) is 15.6 Å². The molecular formula is C15H13Cl2NO4S. The zero-order valence-electron chi connectivity index (χ0n) is 12.1. The molecule has 122 valence electrons. The smallest absolute Gasteiger partial charge is 0.326 e. The second-order valence-corrected chi connectivity index (χ2v) is 7.20. The molecule has 2 aromatic rings. The predicted molar refractivity (Wildman–Crippen MR) is 89.5 cm³/mol. The van der Waals surface area contributed by atoms with Crippen LogP contribution in [0.15, 0.2) is 53.4 Å². The van der Waals surface area contributed by atoms with Crippen LogP contribution in [0.5, 0.6) is 0 Å². The summed E-state index contributed by atoms with van der Waals surface area (Å²) in [6.45, 7) is -0.505. The lowest BCUT2D eigenvalue weighted by atomic mass is 10.3. The molecule has 5 nitrogen and oxygen atoms in total. The van der Waals surface area contributed by atoms with E-state index in [1.807, 2.05) is 0 Å². The van der Waals surface area contributed by atoms with Crippen LogP contribution >= 0.6 is 23.2 Å². The van der Waals surface area contributed by atoms with Crippen molar-refractivity contribution in [3.05, 3.63) is 58.6 Å². The van der Waals surface area contributed by atoms with Crippen molar-refractivity contribution in [1.82, 2.24) is 0 Å². The Morgan fingerprint density at radius 1 is 1.13 bits per heavy atom. The maximum absolute atomic E-state index is 12.8. The van der Waals surface area contributed by atoms with E-state index in [4.69, 9.17) is 23.2 Å². The molecule has 0 fully saturated rings. The fourth-order valence-corrected chi connectivity index (χ4v) is 3.89. The molecule has 0 saturated heterocycles. The highest BCUT2D eigenvalue weighted by Crippen LogP contribution is 2.32. The maximum atomic E-state index is 12.8. The lowest BCUT2D eigenvalue weighted by molar-refractivity contribution is -0.138. The summed E-state index contributed by atoms with van der Waals surface area (Å²) in [5.74, 6) is -0.712. The summed E-state index contributed by atoms with van der Waals surface area (Å²) in [6.07, 6.45) is 0. The van der Waals surface area contributed by atoms with Gasteiger partial charge in [-0.1, -0.05) is 41.4 Å². The van der Waals surface area contributed by atoms with Gasteiger partial charge >= 0.3 is 5.97 Å². The van der Waals surface area contributed by atoms with E-state index in [0.717, 1.165) is 4.31 Å².